The third kappa shape index (κ3) is 2.26. The van der Waals surface area contributed by atoms with Crippen molar-refractivity contribution in [2.75, 3.05) is 0 Å². The predicted molar refractivity (Wildman–Crippen MR) is 76.4 cm³/mol. The average molecular weight is 319 g/mol. The SMILES string of the molecule is O=C(O)c1cn(-c2ccccc2)c2c(F)c(F)c(F)cc2c1=O. The van der Waals surface area contributed by atoms with Crippen LogP contribution in [0.2, 0.25) is 0 Å². The zero-order valence-electron chi connectivity index (χ0n) is 11.4. The minimum atomic E-state index is -1.73. The normalized spacial score (nSPS) is 10.9. The number of carbonyl (C=O) groups is 1. The molecule has 2 aromatic carbocycles. The Kier molecular flexibility index (Phi) is 3.40. The molecule has 0 saturated carbocycles. The van der Waals surface area contributed by atoms with Gasteiger partial charge in [-0.2, -0.15) is 0 Å². The van der Waals surface area contributed by atoms with Crippen molar-refractivity contribution in [3.8, 4) is 5.69 Å². The van der Waals surface area contributed by atoms with E-state index in [0.717, 1.165) is 10.8 Å². The van der Waals surface area contributed by atoms with Gasteiger partial charge in [-0.25, -0.2) is 18.0 Å². The molecule has 0 radical (unpaired) electrons. The Labute approximate surface area is 127 Å². The standard InChI is InChI=1S/C16H8F3NO3/c17-11-6-9-14(13(19)12(11)18)20(8-4-2-1-3-5-8)7-10(15(9)21)16(22)23/h1-7H,(H,22,23). The first-order valence-electron chi connectivity index (χ1n) is 6.43. The van der Waals surface area contributed by atoms with Gasteiger partial charge in [0.1, 0.15) is 5.56 Å². The summed E-state index contributed by atoms with van der Waals surface area (Å²) in [5.41, 5.74) is -1.99. The van der Waals surface area contributed by atoms with Gasteiger partial charge in [-0.1, -0.05) is 18.2 Å². The number of nitrogens with zero attached hydrogens (tertiary/aromatic N) is 1. The van der Waals surface area contributed by atoms with E-state index in [9.17, 15) is 22.8 Å². The molecule has 0 fully saturated rings. The highest BCUT2D eigenvalue weighted by Gasteiger charge is 2.22. The lowest BCUT2D eigenvalue weighted by Gasteiger charge is -2.13. The molecule has 1 heterocycles. The van der Waals surface area contributed by atoms with Crippen LogP contribution in [0.5, 0.6) is 0 Å². The number of fused-ring (bicyclic) bond motifs is 1. The molecule has 0 aliphatic heterocycles. The second-order valence-electron chi connectivity index (χ2n) is 4.77. The second kappa shape index (κ2) is 5.28. The number of halogens is 3. The van der Waals surface area contributed by atoms with Crippen LogP contribution in [0.4, 0.5) is 13.2 Å². The van der Waals surface area contributed by atoms with Gasteiger partial charge in [-0.3, -0.25) is 4.79 Å². The molecule has 23 heavy (non-hydrogen) atoms. The number of aromatic carboxylic acids is 1. The fraction of sp³-hybridized carbons (Fsp3) is 0. The molecular weight excluding hydrogens is 311 g/mol. The van der Waals surface area contributed by atoms with Gasteiger partial charge in [0, 0.05) is 11.9 Å². The molecule has 3 aromatic rings. The summed E-state index contributed by atoms with van der Waals surface area (Å²) in [5, 5.41) is 8.56. The number of carboxylic acid groups (broad SMARTS) is 1. The summed E-state index contributed by atoms with van der Waals surface area (Å²) in [7, 11) is 0. The number of hydrogen-bond acceptors (Lipinski definition) is 2. The van der Waals surface area contributed by atoms with Crippen molar-refractivity contribution in [1.29, 1.82) is 0 Å². The summed E-state index contributed by atoms with van der Waals surface area (Å²) >= 11 is 0. The van der Waals surface area contributed by atoms with Gasteiger partial charge in [0.25, 0.3) is 0 Å². The summed E-state index contributed by atoms with van der Waals surface area (Å²) in [6, 6.07) is 8.38. The molecule has 0 unspecified atom stereocenters. The first kappa shape index (κ1) is 14.8. The maximum Gasteiger partial charge on any atom is 0.341 e. The third-order valence-electron chi connectivity index (χ3n) is 3.39. The van der Waals surface area contributed by atoms with Crippen LogP contribution in [-0.4, -0.2) is 15.6 Å². The molecule has 0 atom stereocenters. The lowest BCUT2D eigenvalue weighted by Crippen LogP contribution is -2.20. The van der Waals surface area contributed by atoms with Gasteiger partial charge < -0.3 is 9.67 Å². The van der Waals surface area contributed by atoms with Crippen molar-refractivity contribution < 1.29 is 23.1 Å². The number of para-hydroxylation sites is 1. The van der Waals surface area contributed by atoms with Crippen LogP contribution in [0.1, 0.15) is 10.4 Å². The van der Waals surface area contributed by atoms with Crippen molar-refractivity contribution >= 4 is 16.9 Å². The van der Waals surface area contributed by atoms with Crippen molar-refractivity contribution in [1.82, 2.24) is 4.57 Å². The number of aromatic nitrogens is 1. The molecule has 1 N–H and O–H groups in total. The number of rotatable bonds is 2. The molecular formula is C16H8F3NO3. The summed E-state index contributed by atoms with van der Waals surface area (Å²) in [6.07, 6.45) is 0.892. The number of pyridine rings is 1. The molecule has 4 nitrogen and oxygen atoms in total. The molecule has 0 aliphatic rings. The quantitative estimate of drug-likeness (QED) is 0.738. The lowest BCUT2D eigenvalue weighted by molar-refractivity contribution is 0.0695. The molecule has 0 saturated heterocycles. The van der Waals surface area contributed by atoms with Crippen molar-refractivity contribution in [2.45, 2.75) is 0 Å². The van der Waals surface area contributed by atoms with Crippen molar-refractivity contribution in [3.05, 3.63) is 75.8 Å². The first-order valence-corrected chi connectivity index (χ1v) is 6.43. The van der Waals surface area contributed by atoms with Crippen molar-refractivity contribution in [3.63, 3.8) is 0 Å². The topological polar surface area (TPSA) is 59.3 Å². The maximum absolute atomic E-state index is 14.2. The largest absolute Gasteiger partial charge is 0.477 e. The summed E-state index contributed by atoms with van der Waals surface area (Å²) < 4.78 is 42.2. The second-order valence-corrected chi connectivity index (χ2v) is 4.77. The summed E-state index contributed by atoms with van der Waals surface area (Å²) in [4.78, 5) is 23.3. The van der Waals surface area contributed by atoms with E-state index in [4.69, 9.17) is 5.11 Å². The van der Waals surface area contributed by atoms with Crippen LogP contribution in [0.15, 0.2) is 47.4 Å². The Hall–Kier alpha value is -3.09. The van der Waals surface area contributed by atoms with Crippen LogP contribution >= 0.6 is 0 Å². The zero-order chi connectivity index (χ0) is 16.7. The maximum atomic E-state index is 14.2. The highest BCUT2D eigenvalue weighted by Crippen LogP contribution is 2.24. The van der Waals surface area contributed by atoms with E-state index in [0.29, 0.717) is 11.8 Å². The van der Waals surface area contributed by atoms with E-state index in [1.54, 1.807) is 18.2 Å². The van der Waals surface area contributed by atoms with Gasteiger partial charge in [-0.15, -0.1) is 0 Å². The summed E-state index contributed by atoms with van der Waals surface area (Å²) in [6.45, 7) is 0. The fourth-order valence-corrected chi connectivity index (χ4v) is 2.34. The summed E-state index contributed by atoms with van der Waals surface area (Å²) in [5.74, 6) is -6.40. The van der Waals surface area contributed by atoms with E-state index in [2.05, 4.69) is 0 Å². The molecule has 0 bridgehead atoms. The van der Waals surface area contributed by atoms with E-state index >= 15 is 0 Å². The van der Waals surface area contributed by atoms with Crippen LogP contribution < -0.4 is 5.43 Å². The van der Waals surface area contributed by atoms with Crippen LogP contribution in [-0.2, 0) is 0 Å². The average Bonchev–Trinajstić information content (AvgIpc) is 2.54. The molecule has 1 aromatic heterocycles. The fourth-order valence-electron chi connectivity index (χ4n) is 2.34. The first-order chi connectivity index (χ1) is 10.9. The van der Waals surface area contributed by atoms with Gasteiger partial charge in [-0.05, 0) is 18.2 Å². The number of benzene rings is 2. The molecule has 116 valence electrons. The Bertz CT molecular complexity index is 997. The highest BCUT2D eigenvalue weighted by atomic mass is 19.2. The van der Waals surface area contributed by atoms with E-state index in [-0.39, 0.29) is 0 Å². The minimum absolute atomic E-state index is 0.296. The van der Waals surface area contributed by atoms with Gasteiger partial charge in [0.05, 0.1) is 10.9 Å². The van der Waals surface area contributed by atoms with Crippen LogP contribution in [0, 0.1) is 17.5 Å². The van der Waals surface area contributed by atoms with E-state index in [1.165, 1.54) is 12.1 Å². The lowest BCUT2D eigenvalue weighted by atomic mass is 10.1. The zero-order valence-corrected chi connectivity index (χ0v) is 11.4. The molecule has 0 amide bonds. The van der Waals surface area contributed by atoms with Gasteiger partial charge in [0.15, 0.2) is 17.5 Å². The minimum Gasteiger partial charge on any atom is -0.477 e. The molecule has 3 rings (SSSR count). The van der Waals surface area contributed by atoms with Crippen molar-refractivity contribution in [2.24, 2.45) is 0 Å². The third-order valence-corrected chi connectivity index (χ3v) is 3.39. The molecule has 0 aliphatic carbocycles. The molecule has 7 heteroatoms. The monoisotopic (exact) mass is 319 g/mol. The Morgan fingerprint density at radius 1 is 1.04 bits per heavy atom. The van der Waals surface area contributed by atoms with E-state index in [1.807, 2.05) is 0 Å². The highest BCUT2D eigenvalue weighted by molar-refractivity contribution is 5.93. The van der Waals surface area contributed by atoms with Crippen LogP contribution in [0.3, 0.4) is 0 Å². The Morgan fingerprint density at radius 3 is 2.30 bits per heavy atom. The van der Waals surface area contributed by atoms with Gasteiger partial charge >= 0.3 is 5.97 Å². The Balaban J connectivity index is 2.57. The Morgan fingerprint density at radius 2 is 1.70 bits per heavy atom. The smallest absolute Gasteiger partial charge is 0.341 e. The van der Waals surface area contributed by atoms with Crippen LogP contribution in [0.25, 0.3) is 16.6 Å². The van der Waals surface area contributed by atoms with E-state index < -0.39 is 45.3 Å². The molecule has 0 spiro atoms. The van der Waals surface area contributed by atoms with Gasteiger partial charge in [0.2, 0.25) is 5.43 Å². The predicted octanol–water partition coefficient (Wildman–Crippen LogP) is 3.11. The number of carboxylic acids is 1. The number of hydrogen-bond donors (Lipinski definition) is 1.